The predicted octanol–water partition coefficient (Wildman–Crippen LogP) is 3.90. The number of nitro benzene ring substituents is 1. The van der Waals surface area contributed by atoms with E-state index in [4.69, 9.17) is 9.15 Å². The van der Waals surface area contributed by atoms with Gasteiger partial charge < -0.3 is 19.0 Å². The van der Waals surface area contributed by atoms with Gasteiger partial charge >= 0.3 is 0 Å². The number of nitrogens with zero attached hydrogens (tertiary/aromatic N) is 3. The van der Waals surface area contributed by atoms with Crippen molar-refractivity contribution in [2.75, 3.05) is 26.8 Å². The lowest BCUT2D eigenvalue weighted by atomic mass is 10.1. The van der Waals surface area contributed by atoms with Crippen LogP contribution in [0.4, 0.5) is 5.69 Å². The van der Waals surface area contributed by atoms with Crippen molar-refractivity contribution < 1.29 is 23.7 Å². The zero-order chi connectivity index (χ0) is 24.3. The molecule has 1 heterocycles. The number of ether oxygens (including phenoxy) is 1. The number of nitro groups is 1. The number of furan rings is 1. The van der Waals surface area contributed by atoms with Gasteiger partial charge in [0.1, 0.15) is 12.3 Å². The SMILES string of the molecule is COCCCN(CC(=O)N(Cc1ccccc1)Cc1ccco1)C(=O)c1ccc([N+](=O)[O-])cc1. The maximum absolute atomic E-state index is 13.4. The van der Waals surface area contributed by atoms with Crippen LogP contribution in [0.25, 0.3) is 0 Å². The highest BCUT2D eigenvalue weighted by molar-refractivity contribution is 5.96. The van der Waals surface area contributed by atoms with E-state index in [2.05, 4.69) is 0 Å². The summed E-state index contributed by atoms with van der Waals surface area (Å²) in [5.41, 5.74) is 1.12. The molecule has 0 radical (unpaired) electrons. The molecule has 0 spiro atoms. The number of carbonyl (C=O) groups excluding carboxylic acids is 2. The third-order valence-electron chi connectivity index (χ3n) is 5.21. The molecule has 3 rings (SSSR count). The Labute approximate surface area is 197 Å². The van der Waals surface area contributed by atoms with Crippen molar-refractivity contribution in [3.05, 3.63) is 100.0 Å². The molecular weight excluding hydrogens is 438 g/mol. The van der Waals surface area contributed by atoms with Crippen LogP contribution >= 0.6 is 0 Å². The molecule has 0 aliphatic rings. The van der Waals surface area contributed by atoms with Crippen molar-refractivity contribution in [2.24, 2.45) is 0 Å². The zero-order valence-corrected chi connectivity index (χ0v) is 19.0. The van der Waals surface area contributed by atoms with Crippen molar-refractivity contribution in [2.45, 2.75) is 19.5 Å². The number of benzene rings is 2. The molecular formula is C25H27N3O6. The minimum atomic E-state index is -0.524. The molecule has 0 saturated carbocycles. The third kappa shape index (κ3) is 7.01. The molecule has 0 N–H and O–H groups in total. The van der Waals surface area contributed by atoms with Crippen molar-refractivity contribution in [3.63, 3.8) is 0 Å². The van der Waals surface area contributed by atoms with Crippen LogP contribution in [0.3, 0.4) is 0 Å². The Bertz CT molecular complexity index is 1070. The first-order chi connectivity index (χ1) is 16.5. The van der Waals surface area contributed by atoms with Gasteiger partial charge in [0.15, 0.2) is 0 Å². The molecule has 178 valence electrons. The van der Waals surface area contributed by atoms with E-state index in [1.165, 1.54) is 29.2 Å². The number of rotatable bonds is 12. The fourth-order valence-electron chi connectivity index (χ4n) is 3.45. The molecule has 0 bridgehead atoms. The van der Waals surface area contributed by atoms with Crippen LogP contribution < -0.4 is 0 Å². The van der Waals surface area contributed by atoms with Crippen LogP contribution in [0.1, 0.15) is 28.1 Å². The number of methoxy groups -OCH3 is 1. The summed E-state index contributed by atoms with van der Waals surface area (Å²) in [5, 5.41) is 10.9. The molecule has 9 heteroatoms. The van der Waals surface area contributed by atoms with Gasteiger partial charge in [0.2, 0.25) is 5.91 Å². The second-order valence-electron chi connectivity index (χ2n) is 7.69. The molecule has 0 fully saturated rings. The predicted molar refractivity (Wildman–Crippen MR) is 125 cm³/mol. The Morgan fingerprint density at radius 1 is 0.971 bits per heavy atom. The van der Waals surface area contributed by atoms with Crippen molar-refractivity contribution in [3.8, 4) is 0 Å². The molecule has 0 saturated heterocycles. The highest BCUT2D eigenvalue weighted by Crippen LogP contribution is 2.16. The van der Waals surface area contributed by atoms with Gasteiger partial charge in [-0.05, 0) is 36.2 Å². The minimum Gasteiger partial charge on any atom is -0.467 e. The van der Waals surface area contributed by atoms with E-state index >= 15 is 0 Å². The maximum atomic E-state index is 13.4. The van der Waals surface area contributed by atoms with Gasteiger partial charge in [-0.15, -0.1) is 0 Å². The average molecular weight is 466 g/mol. The Morgan fingerprint density at radius 2 is 1.71 bits per heavy atom. The van der Waals surface area contributed by atoms with Crippen molar-refractivity contribution in [1.82, 2.24) is 9.80 Å². The van der Waals surface area contributed by atoms with E-state index in [9.17, 15) is 19.7 Å². The average Bonchev–Trinajstić information content (AvgIpc) is 3.36. The Kier molecular flexibility index (Phi) is 8.93. The number of hydrogen-bond acceptors (Lipinski definition) is 6. The standard InChI is InChI=1S/C25H27N3O6/c1-33-15-6-14-26(25(30)21-10-12-22(13-11-21)28(31)32)19-24(29)27(18-23-9-5-16-34-23)17-20-7-3-2-4-8-20/h2-5,7-13,16H,6,14-15,17-19H2,1H3. The highest BCUT2D eigenvalue weighted by atomic mass is 16.6. The number of carbonyl (C=O) groups is 2. The van der Waals surface area contributed by atoms with Crippen LogP contribution in [-0.4, -0.2) is 53.3 Å². The molecule has 0 aliphatic heterocycles. The van der Waals surface area contributed by atoms with Gasteiger partial charge in [-0.1, -0.05) is 30.3 Å². The van der Waals surface area contributed by atoms with Crippen LogP contribution in [-0.2, 0) is 22.6 Å². The smallest absolute Gasteiger partial charge is 0.269 e. The minimum absolute atomic E-state index is 0.106. The third-order valence-corrected chi connectivity index (χ3v) is 5.21. The van der Waals surface area contributed by atoms with Crippen molar-refractivity contribution >= 4 is 17.5 Å². The van der Waals surface area contributed by atoms with E-state index in [1.807, 2.05) is 30.3 Å². The van der Waals surface area contributed by atoms with Crippen LogP contribution in [0, 0.1) is 10.1 Å². The molecule has 0 aliphatic carbocycles. The lowest BCUT2D eigenvalue weighted by Crippen LogP contribution is -2.43. The molecule has 0 atom stereocenters. The van der Waals surface area contributed by atoms with Crippen LogP contribution in [0.15, 0.2) is 77.4 Å². The lowest BCUT2D eigenvalue weighted by molar-refractivity contribution is -0.384. The Hall–Kier alpha value is -3.98. The summed E-state index contributed by atoms with van der Waals surface area (Å²) in [4.78, 5) is 40.0. The fraction of sp³-hybridized carbons (Fsp3) is 0.280. The van der Waals surface area contributed by atoms with Gasteiger partial charge in [0, 0.05) is 44.5 Å². The van der Waals surface area contributed by atoms with Gasteiger partial charge in [-0.2, -0.15) is 0 Å². The summed E-state index contributed by atoms with van der Waals surface area (Å²) in [5.74, 6) is 0.0156. The summed E-state index contributed by atoms with van der Waals surface area (Å²) in [6.45, 7) is 1.21. The van der Waals surface area contributed by atoms with Gasteiger partial charge in [0.25, 0.3) is 11.6 Å². The summed E-state index contributed by atoms with van der Waals surface area (Å²) < 4.78 is 10.5. The summed E-state index contributed by atoms with van der Waals surface area (Å²) in [6, 6.07) is 18.5. The quantitative estimate of drug-likeness (QED) is 0.228. The highest BCUT2D eigenvalue weighted by Gasteiger charge is 2.23. The van der Waals surface area contributed by atoms with Crippen LogP contribution in [0.2, 0.25) is 0 Å². The molecule has 3 aromatic rings. The first-order valence-corrected chi connectivity index (χ1v) is 10.8. The van der Waals surface area contributed by atoms with Gasteiger partial charge in [-0.3, -0.25) is 19.7 Å². The zero-order valence-electron chi connectivity index (χ0n) is 19.0. The second-order valence-corrected chi connectivity index (χ2v) is 7.69. The molecule has 34 heavy (non-hydrogen) atoms. The summed E-state index contributed by atoms with van der Waals surface area (Å²) in [6.07, 6.45) is 2.09. The fourth-order valence-corrected chi connectivity index (χ4v) is 3.45. The van der Waals surface area contributed by atoms with Gasteiger partial charge in [-0.25, -0.2) is 0 Å². The first kappa shape index (κ1) is 24.7. The normalized spacial score (nSPS) is 10.6. The van der Waals surface area contributed by atoms with E-state index in [0.717, 1.165) is 5.56 Å². The van der Waals surface area contributed by atoms with E-state index < -0.39 is 4.92 Å². The molecule has 0 unspecified atom stereocenters. The molecule has 2 amide bonds. The Morgan fingerprint density at radius 3 is 2.32 bits per heavy atom. The summed E-state index contributed by atoms with van der Waals surface area (Å²) in [7, 11) is 1.57. The topological polar surface area (TPSA) is 106 Å². The lowest BCUT2D eigenvalue weighted by Gasteiger charge is -2.27. The van der Waals surface area contributed by atoms with Crippen LogP contribution in [0.5, 0.6) is 0 Å². The van der Waals surface area contributed by atoms with E-state index in [0.29, 0.717) is 31.9 Å². The van der Waals surface area contributed by atoms with E-state index in [-0.39, 0.29) is 36.2 Å². The first-order valence-electron chi connectivity index (χ1n) is 10.8. The monoisotopic (exact) mass is 465 g/mol. The molecule has 1 aromatic heterocycles. The molecule has 2 aromatic carbocycles. The summed E-state index contributed by atoms with van der Waals surface area (Å²) >= 11 is 0. The van der Waals surface area contributed by atoms with Crippen molar-refractivity contribution in [1.29, 1.82) is 0 Å². The van der Waals surface area contributed by atoms with E-state index in [1.54, 1.807) is 30.4 Å². The largest absolute Gasteiger partial charge is 0.467 e. The molecule has 9 nitrogen and oxygen atoms in total. The van der Waals surface area contributed by atoms with Gasteiger partial charge in [0.05, 0.1) is 17.7 Å². The number of non-ortho nitro benzene ring substituents is 1. The number of amides is 2. The second kappa shape index (κ2) is 12.3. The Balaban J connectivity index is 1.78. The number of hydrogen-bond donors (Lipinski definition) is 0. The maximum Gasteiger partial charge on any atom is 0.269 e.